The highest BCUT2D eigenvalue weighted by molar-refractivity contribution is 8.18. The van der Waals surface area contributed by atoms with E-state index in [4.69, 9.17) is 15.2 Å². The molecule has 2 heterocycles. The van der Waals surface area contributed by atoms with Gasteiger partial charge in [0.05, 0.1) is 21.5 Å². The summed E-state index contributed by atoms with van der Waals surface area (Å²) < 4.78 is 10.3. The van der Waals surface area contributed by atoms with E-state index in [1.165, 1.54) is 18.2 Å². The standard InChI is InChI=1S/C11H7N3O5S/c12-11-13-10(15)9(20-11)2-5-1-7-8(19-4-18-7)3-6(5)14(16)17/h1-3H,4H2,(H2,12,13,15)/b9-2+. The second-order valence-corrected chi connectivity index (χ2v) is 4.95. The number of carbonyl (C=O) groups is 1. The van der Waals surface area contributed by atoms with Crippen LogP contribution in [-0.2, 0) is 4.79 Å². The van der Waals surface area contributed by atoms with Gasteiger partial charge in [0.1, 0.15) is 0 Å². The minimum atomic E-state index is -0.553. The summed E-state index contributed by atoms with van der Waals surface area (Å²) in [6.07, 6.45) is 1.37. The summed E-state index contributed by atoms with van der Waals surface area (Å²) in [5.41, 5.74) is 5.49. The topological polar surface area (TPSA) is 117 Å². The van der Waals surface area contributed by atoms with Crippen LogP contribution in [0, 0.1) is 10.1 Å². The molecule has 3 rings (SSSR count). The molecule has 102 valence electrons. The Hall–Kier alpha value is -2.55. The van der Waals surface area contributed by atoms with E-state index in [-0.39, 0.29) is 28.1 Å². The molecule has 2 aliphatic rings. The molecule has 1 amide bonds. The van der Waals surface area contributed by atoms with Crippen molar-refractivity contribution in [2.75, 3.05) is 6.79 Å². The lowest BCUT2D eigenvalue weighted by Crippen LogP contribution is -2.01. The molecule has 8 nitrogen and oxygen atoms in total. The van der Waals surface area contributed by atoms with E-state index in [1.54, 1.807) is 0 Å². The number of fused-ring (bicyclic) bond motifs is 1. The number of amidine groups is 1. The van der Waals surface area contributed by atoms with E-state index in [1.807, 2.05) is 0 Å². The molecule has 2 aliphatic heterocycles. The van der Waals surface area contributed by atoms with Crippen molar-refractivity contribution in [1.29, 1.82) is 0 Å². The lowest BCUT2D eigenvalue weighted by molar-refractivity contribution is -0.385. The second kappa shape index (κ2) is 4.53. The largest absolute Gasteiger partial charge is 0.454 e. The van der Waals surface area contributed by atoms with Gasteiger partial charge in [0.2, 0.25) is 6.79 Å². The minimum Gasteiger partial charge on any atom is -0.454 e. The molecule has 0 atom stereocenters. The number of thioether (sulfide) groups is 1. The van der Waals surface area contributed by atoms with Gasteiger partial charge in [-0.25, -0.2) is 0 Å². The highest BCUT2D eigenvalue weighted by Gasteiger charge is 2.25. The molecule has 1 aromatic carbocycles. The van der Waals surface area contributed by atoms with Crippen LogP contribution in [0.25, 0.3) is 6.08 Å². The van der Waals surface area contributed by atoms with Crippen molar-refractivity contribution in [3.63, 3.8) is 0 Å². The molecule has 0 spiro atoms. The second-order valence-electron chi connectivity index (χ2n) is 3.89. The third kappa shape index (κ3) is 2.07. The van der Waals surface area contributed by atoms with Gasteiger partial charge in [-0.15, -0.1) is 0 Å². The first-order chi connectivity index (χ1) is 9.54. The van der Waals surface area contributed by atoms with Crippen molar-refractivity contribution in [1.82, 2.24) is 0 Å². The predicted octanol–water partition coefficient (Wildman–Crippen LogP) is 1.25. The summed E-state index contributed by atoms with van der Waals surface area (Å²) >= 11 is 0.967. The fourth-order valence-electron chi connectivity index (χ4n) is 1.79. The van der Waals surface area contributed by atoms with Crippen LogP contribution in [0.5, 0.6) is 11.5 Å². The van der Waals surface area contributed by atoms with Gasteiger partial charge in [-0.05, 0) is 23.9 Å². The van der Waals surface area contributed by atoms with Crippen molar-refractivity contribution >= 4 is 34.6 Å². The Labute approximate surface area is 116 Å². The fraction of sp³-hybridized carbons (Fsp3) is 0.0909. The summed E-state index contributed by atoms with van der Waals surface area (Å²) in [4.78, 5) is 25.8. The number of ether oxygens (including phenoxy) is 2. The van der Waals surface area contributed by atoms with Crippen molar-refractivity contribution in [3.8, 4) is 11.5 Å². The van der Waals surface area contributed by atoms with Gasteiger partial charge in [0.25, 0.3) is 11.6 Å². The molecular weight excluding hydrogens is 286 g/mol. The summed E-state index contributed by atoms with van der Waals surface area (Å²) in [5, 5.41) is 11.2. The van der Waals surface area contributed by atoms with Crippen LogP contribution in [0.4, 0.5) is 5.69 Å². The predicted molar refractivity (Wildman–Crippen MR) is 71.4 cm³/mol. The molecule has 0 aromatic heterocycles. The first-order valence-corrected chi connectivity index (χ1v) is 6.22. The lowest BCUT2D eigenvalue weighted by Gasteiger charge is -2.01. The Kier molecular flexibility index (Phi) is 2.83. The average Bonchev–Trinajstić information content (AvgIpc) is 2.94. The SMILES string of the molecule is NC1=NC(=O)/C(=C\c2cc3c(cc2[N+](=O)[O-])OCO3)S1. The van der Waals surface area contributed by atoms with E-state index in [0.717, 1.165) is 11.8 Å². The Morgan fingerprint density at radius 3 is 2.70 bits per heavy atom. The molecule has 0 saturated carbocycles. The van der Waals surface area contributed by atoms with Crippen LogP contribution in [0.3, 0.4) is 0 Å². The number of nitrogens with two attached hydrogens (primary N) is 1. The number of rotatable bonds is 2. The van der Waals surface area contributed by atoms with Crippen LogP contribution in [0.1, 0.15) is 5.56 Å². The Morgan fingerprint density at radius 1 is 1.40 bits per heavy atom. The van der Waals surface area contributed by atoms with Crippen molar-refractivity contribution < 1.29 is 19.2 Å². The van der Waals surface area contributed by atoms with Crippen molar-refractivity contribution in [2.24, 2.45) is 10.7 Å². The van der Waals surface area contributed by atoms with Crippen LogP contribution < -0.4 is 15.2 Å². The summed E-state index contributed by atoms with van der Waals surface area (Å²) in [5.74, 6) is 0.186. The Bertz CT molecular complexity index is 698. The molecule has 0 radical (unpaired) electrons. The number of amides is 1. The molecule has 0 aliphatic carbocycles. The Morgan fingerprint density at radius 2 is 2.10 bits per heavy atom. The van der Waals surface area contributed by atoms with Crippen LogP contribution in [0.2, 0.25) is 0 Å². The molecule has 0 bridgehead atoms. The van der Waals surface area contributed by atoms with Gasteiger partial charge < -0.3 is 15.2 Å². The zero-order valence-corrected chi connectivity index (χ0v) is 10.7. The van der Waals surface area contributed by atoms with Gasteiger partial charge in [-0.3, -0.25) is 14.9 Å². The van der Waals surface area contributed by atoms with Gasteiger partial charge in [0.15, 0.2) is 16.7 Å². The Balaban J connectivity index is 2.07. The zero-order valence-electron chi connectivity index (χ0n) is 9.86. The van der Waals surface area contributed by atoms with Gasteiger partial charge in [-0.1, -0.05) is 0 Å². The van der Waals surface area contributed by atoms with E-state index < -0.39 is 10.8 Å². The van der Waals surface area contributed by atoms with Gasteiger partial charge >= 0.3 is 0 Å². The first kappa shape index (κ1) is 12.5. The van der Waals surface area contributed by atoms with E-state index >= 15 is 0 Å². The number of hydrogen-bond donors (Lipinski definition) is 1. The summed E-state index contributed by atoms with van der Waals surface area (Å²) in [6.45, 7) is 0.0102. The quantitative estimate of drug-likeness (QED) is 0.495. The number of carbonyl (C=O) groups excluding carboxylic acids is 1. The maximum Gasteiger partial charge on any atom is 0.286 e. The van der Waals surface area contributed by atoms with Crippen LogP contribution in [-0.4, -0.2) is 22.8 Å². The van der Waals surface area contributed by atoms with Crippen LogP contribution >= 0.6 is 11.8 Å². The van der Waals surface area contributed by atoms with E-state index in [0.29, 0.717) is 11.5 Å². The zero-order chi connectivity index (χ0) is 14.3. The van der Waals surface area contributed by atoms with Gasteiger partial charge in [0, 0.05) is 0 Å². The molecule has 0 fully saturated rings. The molecule has 1 aromatic rings. The summed E-state index contributed by atoms with van der Waals surface area (Å²) in [7, 11) is 0. The highest BCUT2D eigenvalue weighted by atomic mass is 32.2. The lowest BCUT2D eigenvalue weighted by atomic mass is 10.1. The fourth-order valence-corrected chi connectivity index (χ4v) is 2.46. The highest BCUT2D eigenvalue weighted by Crippen LogP contribution is 2.39. The third-order valence-electron chi connectivity index (χ3n) is 2.64. The monoisotopic (exact) mass is 293 g/mol. The maximum absolute atomic E-state index is 11.5. The average molecular weight is 293 g/mol. The smallest absolute Gasteiger partial charge is 0.286 e. The molecule has 2 N–H and O–H groups in total. The minimum absolute atomic E-state index is 0.0102. The number of nitro benzene ring substituents is 1. The molecule has 9 heteroatoms. The first-order valence-electron chi connectivity index (χ1n) is 5.40. The number of nitro groups is 1. The number of hydrogen-bond acceptors (Lipinski definition) is 7. The number of benzene rings is 1. The number of nitrogens with zero attached hydrogens (tertiary/aromatic N) is 2. The van der Waals surface area contributed by atoms with Crippen LogP contribution in [0.15, 0.2) is 22.0 Å². The van der Waals surface area contributed by atoms with Crippen molar-refractivity contribution in [3.05, 3.63) is 32.7 Å². The van der Waals surface area contributed by atoms with E-state index in [2.05, 4.69) is 4.99 Å². The van der Waals surface area contributed by atoms with Gasteiger partial charge in [-0.2, -0.15) is 4.99 Å². The van der Waals surface area contributed by atoms with E-state index in [9.17, 15) is 14.9 Å². The summed E-state index contributed by atoms with van der Waals surface area (Å²) in [6, 6.07) is 2.72. The third-order valence-corrected chi connectivity index (χ3v) is 3.46. The van der Waals surface area contributed by atoms with Crippen molar-refractivity contribution in [2.45, 2.75) is 0 Å². The molecule has 0 saturated heterocycles. The normalized spacial score (nSPS) is 18.5. The molecular formula is C11H7N3O5S. The molecule has 20 heavy (non-hydrogen) atoms. The maximum atomic E-state index is 11.5. The molecule has 0 unspecified atom stereocenters. The number of aliphatic imine (C=N–C) groups is 1.